The van der Waals surface area contributed by atoms with Crippen molar-refractivity contribution >= 4 is 5.52 Å². The molecule has 0 aliphatic heterocycles. The standard InChI is InChI=1S/C10H12N2/c1-3-10-11-7-9-6-4-5-8(2)12(9)10/h4-7H,3H2,1-2H3. The average Bonchev–Trinajstić information content (AvgIpc) is 2.49. The van der Waals surface area contributed by atoms with E-state index in [4.69, 9.17) is 0 Å². The predicted molar refractivity (Wildman–Crippen MR) is 49.3 cm³/mol. The van der Waals surface area contributed by atoms with Crippen LogP contribution in [-0.2, 0) is 6.42 Å². The van der Waals surface area contributed by atoms with Crippen molar-refractivity contribution in [3.05, 3.63) is 35.9 Å². The summed E-state index contributed by atoms with van der Waals surface area (Å²) >= 11 is 0. The van der Waals surface area contributed by atoms with E-state index >= 15 is 0 Å². The van der Waals surface area contributed by atoms with Gasteiger partial charge in [-0.1, -0.05) is 13.0 Å². The summed E-state index contributed by atoms with van der Waals surface area (Å²) in [5, 5.41) is 0. The van der Waals surface area contributed by atoms with Crippen molar-refractivity contribution in [3.63, 3.8) is 0 Å². The zero-order valence-corrected chi connectivity index (χ0v) is 7.41. The van der Waals surface area contributed by atoms with Gasteiger partial charge in [0, 0.05) is 12.1 Å². The highest BCUT2D eigenvalue weighted by atomic mass is 15.0. The lowest BCUT2D eigenvalue weighted by molar-refractivity contribution is 0.909. The molecule has 0 aliphatic carbocycles. The predicted octanol–water partition coefficient (Wildman–Crippen LogP) is 2.21. The second kappa shape index (κ2) is 2.63. The van der Waals surface area contributed by atoms with Gasteiger partial charge in [0.1, 0.15) is 5.82 Å². The lowest BCUT2D eigenvalue weighted by Crippen LogP contribution is -1.95. The molecule has 2 aromatic rings. The Kier molecular flexibility index (Phi) is 1.61. The van der Waals surface area contributed by atoms with Crippen LogP contribution in [0.5, 0.6) is 0 Å². The summed E-state index contributed by atoms with van der Waals surface area (Å²) in [5.74, 6) is 1.14. The first kappa shape index (κ1) is 7.35. The van der Waals surface area contributed by atoms with Crippen LogP contribution in [0.4, 0.5) is 0 Å². The van der Waals surface area contributed by atoms with Crippen LogP contribution < -0.4 is 0 Å². The van der Waals surface area contributed by atoms with Gasteiger partial charge in [0.2, 0.25) is 0 Å². The average molecular weight is 160 g/mol. The largest absolute Gasteiger partial charge is 0.301 e. The van der Waals surface area contributed by atoms with E-state index in [1.54, 1.807) is 0 Å². The van der Waals surface area contributed by atoms with E-state index in [9.17, 15) is 0 Å². The molecule has 0 fully saturated rings. The van der Waals surface area contributed by atoms with Crippen molar-refractivity contribution in [1.82, 2.24) is 9.38 Å². The fourth-order valence-electron chi connectivity index (χ4n) is 1.54. The van der Waals surface area contributed by atoms with Gasteiger partial charge in [-0.3, -0.25) is 0 Å². The van der Waals surface area contributed by atoms with Crippen LogP contribution in [0, 0.1) is 6.92 Å². The second-order valence-corrected chi connectivity index (χ2v) is 2.96. The molecule has 2 nitrogen and oxygen atoms in total. The smallest absolute Gasteiger partial charge is 0.113 e. The first-order chi connectivity index (χ1) is 5.83. The van der Waals surface area contributed by atoms with Gasteiger partial charge in [-0.25, -0.2) is 4.98 Å². The van der Waals surface area contributed by atoms with Gasteiger partial charge in [0.05, 0.1) is 11.7 Å². The lowest BCUT2D eigenvalue weighted by Gasteiger charge is -2.01. The molecule has 0 saturated carbocycles. The number of pyridine rings is 1. The summed E-state index contributed by atoms with van der Waals surface area (Å²) in [6.45, 7) is 4.23. The number of fused-ring (bicyclic) bond motifs is 1. The highest BCUT2D eigenvalue weighted by molar-refractivity contribution is 5.47. The third-order valence-corrected chi connectivity index (χ3v) is 2.14. The monoisotopic (exact) mass is 160 g/mol. The van der Waals surface area contributed by atoms with Crippen LogP contribution in [0.2, 0.25) is 0 Å². The van der Waals surface area contributed by atoms with E-state index < -0.39 is 0 Å². The SMILES string of the molecule is CCc1ncc2cccc(C)n12. The van der Waals surface area contributed by atoms with Gasteiger partial charge in [-0.2, -0.15) is 0 Å². The highest BCUT2D eigenvalue weighted by Crippen LogP contribution is 2.10. The zero-order valence-electron chi connectivity index (χ0n) is 7.41. The first-order valence-corrected chi connectivity index (χ1v) is 4.25. The summed E-state index contributed by atoms with van der Waals surface area (Å²) in [6, 6.07) is 6.25. The van der Waals surface area contributed by atoms with Crippen LogP contribution in [-0.4, -0.2) is 9.38 Å². The Morgan fingerprint density at radius 1 is 1.42 bits per heavy atom. The number of aryl methyl sites for hydroxylation is 2. The molecule has 0 radical (unpaired) electrons. The van der Waals surface area contributed by atoms with Crippen LogP contribution >= 0.6 is 0 Å². The normalized spacial score (nSPS) is 10.8. The van der Waals surface area contributed by atoms with Crippen LogP contribution in [0.25, 0.3) is 5.52 Å². The van der Waals surface area contributed by atoms with Gasteiger partial charge in [0.15, 0.2) is 0 Å². The van der Waals surface area contributed by atoms with Gasteiger partial charge in [-0.05, 0) is 19.1 Å². The number of aromatic nitrogens is 2. The molecule has 0 aliphatic rings. The fourth-order valence-corrected chi connectivity index (χ4v) is 1.54. The maximum Gasteiger partial charge on any atom is 0.113 e. The molecule has 2 heteroatoms. The third-order valence-electron chi connectivity index (χ3n) is 2.14. The van der Waals surface area contributed by atoms with Crippen LogP contribution in [0.15, 0.2) is 24.4 Å². The molecule has 2 aromatic heterocycles. The first-order valence-electron chi connectivity index (χ1n) is 4.25. The highest BCUT2D eigenvalue weighted by Gasteiger charge is 2.01. The Bertz CT molecular complexity index is 401. The molecule has 0 saturated heterocycles. The summed E-state index contributed by atoms with van der Waals surface area (Å²) in [5.41, 5.74) is 2.44. The Morgan fingerprint density at radius 2 is 2.25 bits per heavy atom. The molecule has 62 valence electrons. The number of hydrogen-bond donors (Lipinski definition) is 0. The Labute approximate surface area is 71.9 Å². The minimum Gasteiger partial charge on any atom is -0.301 e. The van der Waals surface area contributed by atoms with E-state index in [1.165, 1.54) is 11.2 Å². The van der Waals surface area contributed by atoms with Gasteiger partial charge in [-0.15, -0.1) is 0 Å². The van der Waals surface area contributed by atoms with Crippen LogP contribution in [0.1, 0.15) is 18.4 Å². The maximum atomic E-state index is 4.34. The quantitative estimate of drug-likeness (QED) is 0.625. The van der Waals surface area contributed by atoms with Crippen molar-refractivity contribution in [2.45, 2.75) is 20.3 Å². The summed E-state index contributed by atoms with van der Waals surface area (Å²) in [7, 11) is 0. The van der Waals surface area contributed by atoms with Crippen molar-refractivity contribution in [2.24, 2.45) is 0 Å². The van der Waals surface area contributed by atoms with E-state index in [0.29, 0.717) is 0 Å². The van der Waals surface area contributed by atoms with Gasteiger partial charge < -0.3 is 4.40 Å². The maximum absolute atomic E-state index is 4.34. The number of nitrogens with zero attached hydrogens (tertiary/aromatic N) is 2. The lowest BCUT2D eigenvalue weighted by atomic mass is 10.3. The summed E-state index contributed by atoms with van der Waals surface area (Å²) in [4.78, 5) is 4.34. The Balaban J connectivity index is 2.83. The molecule has 2 rings (SSSR count). The van der Waals surface area contributed by atoms with Crippen molar-refractivity contribution in [1.29, 1.82) is 0 Å². The molecule has 0 spiro atoms. The topological polar surface area (TPSA) is 17.3 Å². The molecule has 0 atom stereocenters. The molecular formula is C10H12N2. The number of imidazole rings is 1. The van der Waals surface area contributed by atoms with Gasteiger partial charge >= 0.3 is 0 Å². The molecule has 12 heavy (non-hydrogen) atoms. The minimum absolute atomic E-state index is 0.985. The molecule has 0 N–H and O–H groups in total. The molecule has 0 amide bonds. The van der Waals surface area contributed by atoms with E-state index in [2.05, 4.69) is 41.4 Å². The molecule has 2 heterocycles. The van der Waals surface area contributed by atoms with E-state index in [-0.39, 0.29) is 0 Å². The Hall–Kier alpha value is -1.31. The minimum atomic E-state index is 0.985. The molecule has 0 unspecified atom stereocenters. The van der Waals surface area contributed by atoms with E-state index in [0.717, 1.165) is 12.2 Å². The van der Waals surface area contributed by atoms with Crippen LogP contribution in [0.3, 0.4) is 0 Å². The second-order valence-electron chi connectivity index (χ2n) is 2.96. The molecular weight excluding hydrogens is 148 g/mol. The fraction of sp³-hybridized carbons (Fsp3) is 0.300. The van der Waals surface area contributed by atoms with E-state index in [1.807, 2.05) is 6.20 Å². The summed E-state index contributed by atoms with van der Waals surface area (Å²) in [6.07, 6.45) is 2.91. The molecule has 0 bridgehead atoms. The van der Waals surface area contributed by atoms with Crippen molar-refractivity contribution in [2.75, 3.05) is 0 Å². The number of rotatable bonds is 1. The Morgan fingerprint density at radius 3 is 3.00 bits per heavy atom. The zero-order chi connectivity index (χ0) is 8.55. The molecule has 0 aromatic carbocycles. The summed E-state index contributed by atoms with van der Waals surface area (Å²) < 4.78 is 2.19. The third kappa shape index (κ3) is 0.916. The number of hydrogen-bond acceptors (Lipinski definition) is 1. The van der Waals surface area contributed by atoms with Crippen molar-refractivity contribution < 1.29 is 0 Å². The van der Waals surface area contributed by atoms with Gasteiger partial charge in [0.25, 0.3) is 0 Å². The van der Waals surface area contributed by atoms with Crippen molar-refractivity contribution in [3.8, 4) is 0 Å².